The Kier molecular flexibility index (Phi) is 6.87. The van der Waals surface area contributed by atoms with Gasteiger partial charge in [0.15, 0.2) is 0 Å². The molecule has 6 nitrogen and oxygen atoms in total. The SMILES string of the molecule is COc1cc(OC)cc(C(=O)NN=Cc2cn(Cc3ccc(Cl)cc3Cl)c3ccccc23)c1. The summed E-state index contributed by atoms with van der Waals surface area (Å²) in [6.07, 6.45) is 3.59. The average molecular weight is 482 g/mol. The lowest BCUT2D eigenvalue weighted by Gasteiger charge is -2.08. The molecule has 4 rings (SSSR count). The molecule has 1 amide bonds. The van der Waals surface area contributed by atoms with E-state index in [-0.39, 0.29) is 5.91 Å². The standard InChI is InChI=1S/C25H21Cl2N3O3/c1-32-20-9-17(10-21(12-20)33-2)25(31)29-28-13-18-15-30(24-6-4-3-5-22(18)24)14-16-7-8-19(26)11-23(16)27/h3-13,15H,14H2,1-2H3,(H,29,31). The van der Waals surface area contributed by atoms with Crippen molar-refractivity contribution in [3.8, 4) is 11.5 Å². The second-order valence-electron chi connectivity index (χ2n) is 7.27. The largest absolute Gasteiger partial charge is 0.497 e. The number of aromatic nitrogens is 1. The number of ether oxygens (including phenoxy) is 2. The average Bonchev–Trinajstić information content (AvgIpc) is 3.17. The number of para-hydroxylation sites is 1. The number of halogens is 2. The molecule has 1 heterocycles. The molecule has 0 aliphatic carbocycles. The first-order chi connectivity index (χ1) is 16.0. The van der Waals surface area contributed by atoms with Gasteiger partial charge in [-0.1, -0.05) is 47.5 Å². The van der Waals surface area contributed by atoms with Crippen LogP contribution in [0.3, 0.4) is 0 Å². The van der Waals surface area contributed by atoms with Gasteiger partial charge in [0.1, 0.15) is 11.5 Å². The Morgan fingerprint density at radius 1 is 1.03 bits per heavy atom. The lowest BCUT2D eigenvalue weighted by Crippen LogP contribution is -2.17. The lowest BCUT2D eigenvalue weighted by molar-refractivity contribution is 0.0954. The van der Waals surface area contributed by atoms with Gasteiger partial charge >= 0.3 is 0 Å². The fraction of sp³-hybridized carbons (Fsp3) is 0.120. The first-order valence-corrected chi connectivity index (χ1v) is 10.8. The van der Waals surface area contributed by atoms with Crippen LogP contribution in [0.15, 0.2) is 72.0 Å². The maximum absolute atomic E-state index is 12.6. The number of nitrogens with zero attached hydrogens (tertiary/aromatic N) is 2. The first-order valence-electron chi connectivity index (χ1n) is 10.1. The normalized spacial score (nSPS) is 11.2. The van der Waals surface area contributed by atoms with Gasteiger partial charge in [0, 0.05) is 50.9 Å². The van der Waals surface area contributed by atoms with E-state index in [1.54, 1.807) is 30.5 Å². The summed E-state index contributed by atoms with van der Waals surface area (Å²) in [6, 6.07) is 18.4. The highest BCUT2D eigenvalue weighted by atomic mass is 35.5. The molecule has 1 aromatic heterocycles. The van der Waals surface area contributed by atoms with Gasteiger partial charge in [0.25, 0.3) is 5.91 Å². The van der Waals surface area contributed by atoms with E-state index in [4.69, 9.17) is 32.7 Å². The van der Waals surface area contributed by atoms with Crippen LogP contribution < -0.4 is 14.9 Å². The van der Waals surface area contributed by atoms with Crippen molar-refractivity contribution in [2.24, 2.45) is 5.10 Å². The molecule has 0 radical (unpaired) electrons. The first kappa shape index (κ1) is 22.7. The number of carbonyl (C=O) groups excluding carboxylic acids is 1. The van der Waals surface area contributed by atoms with Crippen molar-refractivity contribution in [3.05, 3.63) is 93.6 Å². The zero-order chi connectivity index (χ0) is 23.4. The minimum atomic E-state index is -0.375. The van der Waals surface area contributed by atoms with E-state index in [0.29, 0.717) is 33.7 Å². The van der Waals surface area contributed by atoms with E-state index in [9.17, 15) is 4.79 Å². The summed E-state index contributed by atoms with van der Waals surface area (Å²) in [5, 5.41) is 6.37. The van der Waals surface area contributed by atoms with E-state index in [2.05, 4.69) is 15.1 Å². The monoisotopic (exact) mass is 481 g/mol. The third-order valence-electron chi connectivity index (χ3n) is 5.16. The number of nitrogens with one attached hydrogen (secondary N) is 1. The third-order valence-corrected chi connectivity index (χ3v) is 5.75. The molecule has 8 heteroatoms. The molecule has 0 saturated carbocycles. The molecule has 0 bridgehead atoms. The molecule has 0 aliphatic heterocycles. The number of benzene rings is 3. The van der Waals surface area contributed by atoms with Crippen molar-refractivity contribution in [1.82, 2.24) is 9.99 Å². The molecule has 4 aromatic rings. The number of methoxy groups -OCH3 is 2. The van der Waals surface area contributed by atoms with Crippen LogP contribution in [0.5, 0.6) is 11.5 Å². The van der Waals surface area contributed by atoms with Crippen LogP contribution in [0.25, 0.3) is 10.9 Å². The molecule has 0 unspecified atom stereocenters. The summed E-state index contributed by atoms with van der Waals surface area (Å²) in [6.45, 7) is 0.570. The summed E-state index contributed by atoms with van der Waals surface area (Å²) in [5.74, 6) is 0.667. The predicted molar refractivity (Wildman–Crippen MR) is 132 cm³/mol. The van der Waals surface area contributed by atoms with E-state index in [1.807, 2.05) is 42.6 Å². The summed E-state index contributed by atoms with van der Waals surface area (Å²) in [5.41, 5.74) is 5.77. The van der Waals surface area contributed by atoms with Crippen LogP contribution in [0, 0.1) is 0 Å². The fourth-order valence-electron chi connectivity index (χ4n) is 3.51. The van der Waals surface area contributed by atoms with E-state index in [1.165, 1.54) is 14.2 Å². The number of hydrogen-bond donors (Lipinski definition) is 1. The van der Waals surface area contributed by atoms with Crippen molar-refractivity contribution in [1.29, 1.82) is 0 Å². The molecule has 0 aliphatic rings. The van der Waals surface area contributed by atoms with Crippen molar-refractivity contribution in [2.45, 2.75) is 6.54 Å². The van der Waals surface area contributed by atoms with Gasteiger partial charge in [0.05, 0.1) is 20.4 Å². The van der Waals surface area contributed by atoms with E-state index in [0.717, 1.165) is 22.0 Å². The number of fused-ring (bicyclic) bond motifs is 1. The van der Waals surface area contributed by atoms with Crippen LogP contribution in [0.4, 0.5) is 0 Å². The molecule has 0 spiro atoms. The Morgan fingerprint density at radius 3 is 2.45 bits per heavy atom. The molecule has 3 aromatic carbocycles. The number of carbonyl (C=O) groups is 1. The lowest BCUT2D eigenvalue weighted by atomic mass is 10.2. The molecule has 0 saturated heterocycles. The Morgan fingerprint density at radius 2 is 1.76 bits per heavy atom. The highest BCUT2D eigenvalue weighted by Gasteiger charge is 2.11. The summed E-state index contributed by atoms with van der Waals surface area (Å²) >= 11 is 12.4. The maximum atomic E-state index is 12.6. The second-order valence-corrected chi connectivity index (χ2v) is 8.11. The molecule has 1 N–H and O–H groups in total. The molecule has 0 fully saturated rings. The quantitative estimate of drug-likeness (QED) is 0.268. The number of hydrogen-bond acceptors (Lipinski definition) is 4. The topological polar surface area (TPSA) is 64.8 Å². The van der Waals surface area contributed by atoms with Crippen LogP contribution in [-0.2, 0) is 6.54 Å². The molecular formula is C25H21Cl2N3O3. The minimum absolute atomic E-state index is 0.375. The van der Waals surface area contributed by atoms with Crippen LogP contribution in [0.1, 0.15) is 21.5 Å². The van der Waals surface area contributed by atoms with Crippen LogP contribution >= 0.6 is 23.2 Å². The molecule has 33 heavy (non-hydrogen) atoms. The Labute approximate surface area is 201 Å². The zero-order valence-electron chi connectivity index (χ0n) is 18.0. The maximum Gasteiger partial charge on any atom is 0.271 e. The van der Waals surface area contributed by atoms with Gasteiger partial charge in [0.2, 0.25) is 0 Å². The zero-order valence-corrected chi connectivity index (χ0v) is 19.5. The van der Waals surface area contributed by atoms with Crippen molar-refractivity contribution < 1.29 is 14.3 Å². The van der Waals surface area contributed by atoms with Gasteiger partial charge in [-0.3, -0.25) is 4.79 Å². The summed E-state index contributed by atoms with van der Waals surface area (Å²) < 4.78 is 12.5. The number of rotatable bonds is 7. The summed E-state index contributed by atoms with van der Waals surface area (Å²) in [7, 11) is 3.06. The van der Waals surface area contributed by atoms with Gasteiger partial charge in [-0.05, 0) is 35.9 Å². The smallest absolute Gasteiger partial charge is 0.271 e. The Hall–Kier alpha value is -3.48. The molecular weight excluding hydrogens is 461 g/mol. The van der Waals surface area contributed by atoms with E-state index >= 15 is 0 Å². The highest BCUT2D eigenvalue weighted by Crippen LogP contribution is 2.26. The third kappa shape index (κ3) is 5.13. The van der Waals surface area contributed by atoms with Gasteiger partial charge in [-0.25, -0.2) is 5.43 Å². The van der Waals surface area contributed by atoms with Crippen LogP contribution in [0.2, 0.25) is 10.0 Å². The predicted octanol–water partition coefficient (Wildman–Crippen LogP) is 5.78. The second kappa shape index (κ2) is 9.98. The fourth-order valence-corrected chi connectivity index (χ4v) is 3.97. The van der Waals surface area contributed by atoms with Gasteiger partial charge < -0.3 is 14.0 Å². The van der Waals surface area contributed by atoms with Gasteiger partial charge in [-0.15, -0.1) is 0 Å². The van der Waals surface area contributed by atoms with Crippen molar-refractivity contribution in [3.63, 3.8) is 0 Å². The molecule has 168 valence electrons. The van der Waals surface area contributed by atoms with Crippen molar-refractivity contribution >= 4 is 46.2 Å². The molecule has 0 atom stereocenters. The van der Waals surface area contributed by atoms with E-state index < -0.39 is 0 Å². The van der Waals surface area contributed by atoms with Crippen molar-refractivity contribution in [2.75, 3.05) is 14.2 Å². The Balaban J connectivity index is 1.57. The van der Waals surface area contributed by atoms with Crippen LogP contribution in [-0.4, -0.2) is 30.9 Å². The summed E-state index contributed by atoms with van der Waals surface area (Å²) in [4.78, 5) is 12.6. The highest BCUT2D eigenvalue weighted by molar-refractivity contribution is 6.35. The van der Waals surface area contributed by atoms with Gasteiger partial charge in [-0.2, -0.15) is 5.10 Å². The minimum Gasteiger partial charge on any atom is -0.497 e. The Bertz CT molecular complexity index is 1330. The number of amides is 1. The number of hydrazone groups is 1.